The maximum atomic E-state index is 4.17. The SMILES string of the molecule is CCn1c(C)nnc1CNc1ccc(C)cc1. The fraction of sp³-hybridized carbons (Fsp3) is 0.385. The molecule has 1 aromatic carbocycles. The van der Waals surface area contributed by atoms with Crippen LogP contribution in [0.5, 0.6) is 0 Å². The third kappa shape index (κ3) is 2.64. The van der Waals surface area contributed by atoms with Crippen LogP contribution in [0.4, 0.5) is 5.69 Å². The Labute approximate surface area is 102 Å². The molecule has 1 heterocycles. The van der Waals surface area contributed by atoms with Crippen molar-refractivity contribution in [1.29, 1.82) is 0 Å². The first-order chi connectivity index (χ1) is 8.20. The number of aryl methyl sites for hydroxylation is 2. The number of benzene rings is 1. The maximum absolute atomic E-state index is 4.17. The van der Waals surface area contributed by atoms with Gasteiger partial charge in [0.15, 0.2) is 5.82 Å². The molecular formula is C13H18N4. The van der Waals surface area contributed by atoms with Gasteiger partial charge in [-0.3, -0.25) is 0 Å². The van der Waals surface area contributed by atoms with Gasteiger partial charge in [0.2, 0.25) is 0 Å². The van der Waals surface area contributed by atoms with Crippen molar-refractivity contribution in [1.82, 2.24) is 14.8 Å². The van der Waals surface area contributed by atoms with E-state index in [1.165, 1.54) is 5.56 Å². The molecule has 0 atom stereocenters. The minimum atomic E-state index is 0.706. The van der Waals surface area contributed by atoms with Crippen LogP contribution in [0.25, 0.3) is 0 Å². The lowest BCUT2D eigenvalue weighted by Gasteiger charge is -2.08. The van der Waals surface area contributed by atoms with E-state index in [9.17, 15) is 0 Å². The molecule has 0 saturated heterocycles. The molecule has 17 heavy (non-hydrogen) atoms. The van der Waals surface area contributed by atoms with Gasteiger partial charge in [-0.1, -0.05) is 17.7 Å². The van der Waals surface area contributed by atoms with E-state index in [-0.39, 0.29) is 0 Å². The summed E-state index contributed by atoms with van der Waals surface area (Å²) in [6.45, 7) is 7.78. The molecule has 90 valence electrons. The Morgan fingerprint density at radius 3 is 2.47 bits per heavy atom. The molecule has 0 fully saturated rings. The minimum absolute atomic E-state index is 0.706. The second kappa shape index (κ2) is 4.99. The second-order valence-corrected chi connectivity index (χ2v) is 4.13. The molecular weight excluding hydrogens is 212 g/mol. The van der Waals surface area contributed by atoms with Gasteiger partial charge in [-0.2, -0.15) is 0 Å². The number of nitrogens with one attached hydrogen (secondary N) is 1. The predicted octanol–water partition coefficient (Wildman–Crippen LogP) is 2.53. The van der Waals surface area contributed by atoms with Crippen molar-refractivity contribution < 1.29 is 0 Å². The third-order valence-electron chi connectivity index (χ3n) is 2.83. The summed E-state index contributed by atoms with van der Waals surface area (Å²) in [4.78, 5) is 0. The van der Waals surface area contributed by atoms with Crippen LogP contribution in [0.15, 0.2) is 24.3 Å². The van der Waals surface area contributed by atoms with Gasteiger partial charge in [-0.05, 0) is 32.9 Å². The molecule has 2 aromatic rings. The van der Waals surface area contributed by atoms with Crippen molar-refractivity contribution >= 4 is 5.69 Å². The molecule has 2 rings (SSSR count). The van der Waals surface area contributed by atoms with Crippen LogP contribution in [0.3, 0.4) is 0 Å². The highest BCUT2D eigenvalue weighted by molar-refractivity contribution is 5.44. The Morgan fingerprint density at radius 1 is 1.12 bits per heavy atom. The lowest BCUT2D eigenvalue weighted by atomic mass is 10.2. The third-order valence-corrected chi connectivity index (χ3v) is 2.83. The Kier molecular flexibility index (Phi) is 3.42. The van der Waals surface area contributed by atoms with Gasteiger partial charge < -0.3 is 9.88 Å². The summed E-state index contributed by atoms with van der Waals surface area (Å²) < 4.78 is 2.11. The van der Waals surface area contributed by atoms with Crippen LogP contribution in [0, 0.1) is 13.8 Å². The van der Waals surface area contributed by atoms with Gasteiger partial charge in [0, 0.05) is 12.2 Å². The molecule has 0 radical (unpaired) electrons. The molecule has 0 aliphatic rings. The summed E-state index contributed by atoms with van der Waals surface area (Å²) in [6, 6.07) is 8.35. The Morgan fingerprint density at radius 2 is 1.82 bits per heavy atom. The van der Waals surface area contributed by atoms with Gasteiger partial charge >= 0.3 is 0 Å². The van der Waals surface area contributed by atoms with Crippen molar-refractivity contribution in [3.8, 4) is 0 Å². The standard InChI is InChI=1S/C13H18N4/c1-4-17-11(3)15-16-13(17)9-14-12-7-5-10(2)6-8-12/h5-8,14H,4,9H2,1-3H3. The van der Waals surface area contributed by atoms with Crippen molar-refractivity contribution in [3.63, 3.8) is 0 Å². The van der Waals surface area contributed by atoms with Crippen LogP contribution in [0.2, 0.25) is 0 Å². The molecule has 0 aliphatic heterocycles. The zero-order chi connectivity index (χ0) is 12.3. The van der Waals surface area contributed by atoms with Gasteiger partial charge in [0.1, 0.15) is 5.82 Å². The predicted molar refractivity (Wildman–Crippen MR) is 68.9 cm³/mol. The van der Waals surface area contributed by atoms with Crippen molar-refractivity contribution in [2.45, 2.75) is 33.9 Å². The number of nitrogens with zero attached hydrogens (tertiary/aromatic N) is 3. The average Bonchev–Trinajstić information content (AvgIpc) is 2.69. The minimum Gasteiger partial charge on any atom is -0.378 e. The fourth-order valence-electron chi connectivity index (χ4n) is 1.82. The summed E-state index contributed by atoms with van der Waals surface area (Å²) in [5, 5.41) is 11.6. The van der Waals surface area contributed by atoms with Crippen LogP contribution >= 0.6 is 0 Å². The molecule has 1 N–H and O–H groups in total. The second-order valence-electron chi connectivity index (χ2n) is 4.13. The molecule has 1 aromatic heterocycles. The smallest absolute Gasteiger partial charge is 0.152 e. The quantitative estimate of drug-likeness (QED) is 0.877. The summed E-state index contributed by atoms with van der Waals surface area (Å²) in [7, 11) is 0. The van der Waals surface area contributed by atoms with Crippen LogP contribution in [-0.2, 0) is 13.1 Å². The van der Waals surface area contributed by atoms with Crippen molar-refractivity contribution in [2.24, 2.45) is 0 Å². The number of rotatable bonds is 4. The first-order valence-electron chi connectivity index (χ1n) is 5.90. The number of anilines is 1. The number of hydrogen-bond donors (Lipinski definition) is 1. The van der Waals surface area contributed by atoms with Crippen molar-refractivity contribution in [2.75, 3.05) is 5.32 Å². The van der Waals surface area contributed by atoms with E-state index in [0.29, 0.717) is 6.54 Å². The Balaban J connectivity index is 2.04. The summed E-state index contributed by atoms with van der Waals surface area (Å²) in [5.41, 5.74) is 2.38. The molecule has 4 heteroatoms. The molecule has 0 aliphatic carbocycles. The number of aromatic nitrogens is 3. The number of hydrogen-bond acceptors (Lipinski definition) is 3. The molecule has 0 bridgehead atoms. The van der Waals surface area contributed by atoms with E-state index in [1.54, 1.807) is 0 Å². The van der Waals surface area contributed by atoms with Gasteiger partial charge in [0.05, 0.1) is 6.54 Å². The van der Waals surface area contributed by atoms with E-state index in [0.717, 1.165) is 23.9 Å². The summed E-state index contributed by atoms with van der Waals surface area (Å²) >= 11 is 0. The fourth-order valence-corrected chi connectivity index (χ4v) is 1.82. The molecule has 0 amide bonds. The van der Waals surface area contributed by atoms with E-state index < -0.39 is 0 Å². The largest absolute Gasteiger partial charge is 0.378 e. The zero-order valence-electron chi connectivity index (χ0n) is 10.6. The highest BCUT2D eigenvalue weighted by Crippen LogP contribution is 2.10. The van der Waals surface area contributed by atoms with E-state index >= 15 is 0 Å². The first kappa shape index (κ1) is 11.6. The van der Waals surface area contributed by atoms with E-state index in [4.69, 9.17) is 0 Å². The van der Waals surface area contributed by atoms with Crippen LogP contribution < -0.4 is 5.32 Å². The van der Waals surface area contributed by atoms with Gasteiger partial charge in [0.25, 0.3) is 0 Å². The first-order valence-corrected chi connectivity index (χ1v) is 5.90. The Bertz CT molecular complexity index is 485. The van der Waals surface area contributed by atoms with Crippen LogP contribution in [-0.4, -0.2) is 14.8 Å². The van der Waals surface area contributed by atoms with Gasteiger partial charge in [-0.25, -0.2) is 0 Å². The average molecular weight is 230 g/mol. The van der Waals surface area contributed by atoms with E-state index in [1.807, 2.05) is 6.92 Å². The lowest BCUT2D eigenvalue weighted by Crippen LogP contribution is -2.08. The normalized spacial score (nSPS) is 10.5. The Hall–Kier alpha value is -1.84. The molecule has 4 nitrogen and oxygen atoms in total. The summed E-state index contributed by atoms with van der Waals surface area (Å²) in [5.74, 6) is 1.94. The highest BCUT2D eigenvalue weighted by Gasteiger charge is 2.06. The van der Waals surface area contributed by atoms with Crippen LogP contribution in [0.1, 0.15) is 24.1 Å². The maximum Gasteiger partial charge on any atom is 0.152 e. The monoisotopic (exact) mass is 230 g/mol. The molecule has 0 spiro atoms. The van der Waals surface area contributed by atoms with Crippen molar-refractivity contribution in [3.05, 3.63) is 41.5 Å². The topological polar surface area (TPSA) is 42.7 Å². The highest BCUT2D eigenvalue weighted by atomic mass is 15.3. The van der Waals surface area contributed by atoms with E-state index in [2.05, 4.69) is 58.2 Å². The van der Waals surface area contributed by atoms with Gasteiger partial charge in [-0.15, -0.1) is 10.2 Å². The molecule has 0 saturated carbocycles. The summed E-state index contributed by atoms with van der Waals surface area (Å²) in [6.07, 6.45) is 0. The molecule has 0 unspecified atom stereocenters. The lowest BCUT2D eigenvalue weighted by molar-refractivity contribution is 0.687. The zero-order valence-corrected chi connectivity index (χ0v) is 10.6.